The van der Waals surface area contributed by atoms with E-state index in [1.807, 2.05) is 0 Å². The number of hydrogen-bond acceptors (Lipinski definition) is 4. The SMILES string of the molecule is [2H]C(O)(CC(=O)[O-])C([2H])([2H])[N+](C)(C)C([2H])([2H])C(=O)CC(C)C. The van der Waals surface area contributed by atoms with Crippen LogP contribution in [0.4, 0.5) is 0 Å². The number of quaternary nitrogens is 1. The van der Waals surface area contributed by atoms with Crippen LogP contribution in [-0.2, 0) is 9.59 Å². The number of ketones is 1. The maximum absolute atomic E-state index is 12.1. The van der Waals surface area contributed by atoms with Crippen molar-refractivity contribution < 1.29 is 31.1 Å². The number of carbonyl (C=O) groups excluding carboxylic acids is 2. The van der Waals surface area contributed by atoms with Crippen molar-refractivity contribution in [1.82, 2.24) is 0 Å². The minimum Gasteiger partial charge on any atom is -0.550 e. The molecular weight excluding hydrogens is 222 g/mol. The van der Waals surface area contributed by atoms with Gasteiger partial charge in [-0.25, -0.2) is 0 Å². The number of hydrogen-bond donors (Lipinski definition) is 1. The van der Waals surface area contributed by atoms with Crippen molar-refractivity contribution in [2.45, 2.75) is 32.8 Å². The van der Waals surface area contributed by atoms with Crippen molar-refractivity contribution in [3.63, 3.8) is 0 Å². The highest BCUT2D eigenvalue weighted by Gasteiger charge is 2.24. The molecule has 0 saturated heterocycles. The average molecular weight is 250 g/mol. The van der Waals surface area contributed by atoms with Crippen LogP contribution in [0.25, 0.3) is 0 Å². The molecule has 0 spiro atoms. The van der Waals surface area contributed by atoms with Crippen molar-refractivity contribution in [1.29, 1.82) is 0 Å². The number of carboxylic acids is 1. The van der Waals surface area contributed by atoms with Crippen LogP contribution in [0.15, 0.2) is 0 Å². The highest BCUT2D eigenvalue weighted by Crippen LogP contribution is 2.07. The lowest BCUT2D eigenvalue weighted by Crippen LogP contribution is -2.49. The summed E-state index contributed by atoms with van der Waals surface area (Å²) in [5.74, 6) is -2.90. The second-order valence-electron chi connectivity index (χ2n) is 4.69. The van der Waals surface area contributed by atoms with Gasteiger partial charge in [-0.1, -0.05) is 13.8 Å². The fraction of sp³-hybridized carbons (Fsp3) is 0.833. The van der Waals surface area contributed by atoms with E-state index in [-0.39, 0.29) is 12.3 Å². The van der Waals surface area contributed by atoms with E-state index in [1.54, 1.807) is 13.8 Å². The highest BCUT2D eigenvalue weighted by molar-refractivity contribution is 5.79. The minimum absolute atomic E-state index is 0.151. The first-order chi connectivity index (χ1) is 9.50. The Kier molecular flexibility index (Phi) is 3.57. The summed E-state index contributed by atoms with van der Waals surface area (Å²) >= 11 is 0. The van der Waals surface area contributed by atoms with Crippen molar-refractivity contribution in [2.24, 2.45) is 5.92 Å². The van der Waals surface area contributed by atoms with Crippen LogP contribution in [0.3, 0.4) is 0 Å². The molecule has 0 radical (unpaired) electrons. The zero-order valence-electron chi connectivity index (χ0n) is 15.6. The molecule has 0 rings (SSSR count). The standard InChI is InChI=1S/C12H23NO4/c1-9(2)5-10(14)7-13(3,4)8-11(15)6-12(16)17/h9,11,15H,5-8H2,1-4H3/i7D2,8D2,11D. The predicted octanol–water partition coefficient (Wildman–Crippen LogP) is -0.821. The van der Waals surface area contributed by atoms with Gasteiger partial charge in [-0.15, -0.1) is 0 Å². The predicted molar refractivity (Wildman–Crippen MR) is 61.9 cm³/mol. The molecule has 0 aliphatic carbocycles. The number of nitrogens with zero attached hydrogens (tertiary/aromatic N) is 1. The minimum atomic E-state index is -3.17. The topological polar surface area (TPSA) is 77.4 Å². The molecule has 0 amide bonds. The van der Waals surface area contributed by atoms with Crippen LogP contribution in [0.1, 0.15) is 33.5 Å². The van der Waals surface area contributed by atoms with E-state index < -0.39 is 41.7 Å². The monoisotopic (exact) mass is 250 g/mol. The first kappa shape index (κ1) is 9.05. The van der Waals surface area contributed by atoms with E-state index in [1.165, 1.54) is 0 Å². The van der Waals surface area contributed by atoms with Gasteiger partial charge in [-0.3, -0.25) is 4.79 Å². The van der Waals surface area contributed by atoms with Crippen LogP contribution in [0.5, 0.6) is 0 Å². The third-order valence-electron chi connectivity index (χ3n) is 1.72. The Hall–Kier alpha value is -0.940. The maximum atomic E-state index is 12.1. The molecule has 1 N–H and O–H groups in total. The quantitative estimate of drug-likeness (QED) is 0.571. The lowest BCUT2D eigenvalue weighted by atomic mass is 10.1. The molecule has 0 saturated carbocycles. The smallest absolute Gasteiger partial charge is 0.187 e. The molecule has 0 aromatic rings. The lowest BCUT2D eigenvalue weighted by Gasteiger charge is -2.31. The number of carbonyl (C=O) groups is 2. The highest BCUT2D eigenvalue weighted by atomic mass is 16.4. The van der Waals surface area contributed by atoms with Gasteiger partial charge < -0.3 is 19.5 Å². The Bertz CT molecular complexity index is 449. The summed E-state index contributed by atoms with van der Waals surface area (Å²) < 4.78 is 37.8. The van der Waals surface area contributed by atoms with E-state index in [0.29, 0.717) is 0 Å². The Morgan fingerprint density at radius 1 is 1.41 bits per heavy atom. The zero-order valence-corrected chi connectivity index (χ0v) is 10.6. The number of aliphatic carboxylic acids is 1. The normalized spacial score (nSPS) is 21.6. The summed E-state index contributed by atoms with van der Waals surface area (Å²) in [6.07, 6.45) is -4.67. The number of likely N-dealkylation sites (N-methyl/N-ethyl adjacent to an activating group) is 1. The van der Waals surface area contributed by atoms with Crippen LogP contribution < -0.4 is 5.11 Å². The molecule has 0 bridgehead atoms. The van der Waals surface area contributed by atoms with Crippen molar-refractivity contribution in [2.75, 3.05) is 27.1 Å². The van der Waals surface area contributed by atoms with E-state index in [0.717, 1.165) is 14.1 Å². The Morgan fingerprint density at radius 2 is 1.94 bits per heavy atom. The summed E-state index contributed by atoms with van der Waals surface area (Å²) in [5.41, 5.74) is 0. The van der Waals surface area contributed by atoms with Crippen molar-refractivity contribution in [3.8, 4) is 0 Å². The molecule has 0 aliphatic heterocycles. The summed E-state index contributed by atoms with van der Waals surface area (Å²) in [5, 5.41) is 20.4. The largest absolute Gasteiger partial charge is 0.550 e. The first-order valence-electron chi connectivity index (χ1n) is 7.80. The molecule has 1 atom stereocenters. The second kappa shape index (κ2) is 6.71. The van der Waals surface area contributed by atoms with Gasteiger partial charge in [0.1, 0.15) is 21.8 Å². The number of Topliss-reactive ketones (excluding diaryl/α,β-unsaturated/α-hetero) is 1. The summed E-state index contributed by atoms with van der Waals surface area (Å²) in [6.45, 7) is -2.45. The summed E-state index contributed by atoms with van der Waals surface area (Å²) in [6, 6.07) is 0. The molecule has 1 unspecified atom stereocenters. The van der Waals surface area contributed by atoms with Crippen LogP contribution in [0.2, 0.25) is 0 Å². The van der Waals surface area contributed by atoms with E-state index >= 15 is 0 Å². The van der Waals surface area contributed by atoms with E-state index in [9.17, 15) is 19.8 Å². The van der Waals surface area contributed by atoms with Crippen LogP contribution in [-0.4, -0.2) is 54.5 Å². The number of aliphatic hydroxyl groups is 1. The van der Waals surface area contributed by atoms with Gasteiger partial charge in [0, 0.05) is 18.8 Å². The zero-order chi connectivity index (χ0) is 18.1. The molecule has 100 valence electrons. The van der Waals surface area contributed by atoms with Gasteiger partial charge in [-0.05, 0) is 5.92 Å². The third kappa shape index (κ3) is 8.83. The molecule has 0 fully saturated rings. The fourth-order valence-electron chi connectivity index (χ4n) is 1.26. The Morgan fingerprint density at radius 3 is 2.35 bits per heavy atom. The van der Waals surface area contributed by atoms with Gasteiger partial charge in [-0.2, -0.15) is 0 Å². The van der Waals surface area contributed by atoms with Gasteiger partial charge in [0.2, 0.25) is 0 Å². The summed E-state index contributed by atoms with van der Waals surface area (Å²) in [7, 11) is 1.99. The fourth-order valence-corrected chi connectivity index (χ4v) is 1.26. The number of carboxylic acid groups (broad SMARTS) is 1. The van der Waals surface area contributed by atoms with Gasteiger partial charge in [0.05, 0.1) is 18.2 Å². The molecule has 0 aromatic carbocycles. The molecule has 5 heteroatoms. The maximum Gasteiger partial charge on any atom is 0.187 e. The molecule has 17 heavy (non-hydrogen) atoms. The van der Waals surface area contributed by atoms with Gasteiger partial charge >= 0.3 is 0 Å². The average Bonchev–Trinajstić information content (AvgIpc) is 2.25. The molecular formula is C12H23NO4. The third-order valence-corrected chi connectivity index (χ3v) is 1.72. The van der Waals surface area contributed by atoms with Crippen molar-refractivity contribution >= 4 is 11.8 Å². The molecule has 0 heterocycles. The molecule has 0 aromatic heterocycles. The van der Waals surface area contributed by atoms with Crippen molar-refractivity contribution in [3.05, 3.63) is 0 Å². The Balaban J connectivity index is 5.77. The van der Waals surface area contributed by atoms with Crippen LogP contribution in [0, 0.1) is 5.92 Å². The molecule has 5 nitrogen and oxygen atoms in total. The first-order valence-corrected chi connectivity index (χ1v) is 5.30. The lowest BCUT2D eigenvalue weighted by molar-refractivity contribution is -0.885. The van der Waals surface area contributed by atoms with Gasteiger partial charge in [0.25, 0.3) is 0 Å². The second-order valence-corrected chi connectivity index (χ2v) is 4.69. The van der Waals surface area contributed by atoms with E-state index in [2.05, 4.69) is 0 Å². The number of rotatable bonds is 8. The van der Waals surface area contributed by atoms with Gasteiger partial charge in [0.15, 0.2) is 5.78 Å². The summed E-state index contributed by atoms with van der Waals surface area (Å²) in [4.78, 5) is 22.7. The Labute approximate surface area is 110 Å². The van der Waals surface area contributed by atoms with E-state index in [4.69, 9.17) is 6.85 Å². The molecule has 0 aliphatic rings. The van der Waals surface area contributed by atoms with Crippen LogP contribution >= 0.6 is 0 Å².